The summed E-state index contributed by atoms with van der Waals surface area (Å²) in [5.74, 6) is 0.404. The van der Waals surface area contributed by atoms with Gasteiger partial charge < -0.3 is 5.21 Å². The fourth-order valence-corrected chi connectivity index (χ4v) is 3.07. The molecule has 0 spiro atoms. The van der Waals surface area contributed by atoms with Crippen LogP contribution in [0, 0.1) is 6.92 Å². The van der Waals surface area contributed by atoms with Crippen LogP contribution in [0.5, 0.6) is 0 Å². The first kappa shape index (κ1) is 12.0. The normalized spacial score (nSPS) is 20.3. The van der Waals surface area contributed by atoms with E-state index in [1.807, 2.05) is 6.07 Å². The van der Waals surface area contributed by atoms with Crippen molar-refractivity contribution in [1.29, 1.82) is 0 Å². The molecule has 2 aromatic rings. The molecule has 0 aliphatic heterocycles. The maximum Gasteiger partial charge on any atom is 0.0873 e. The number of nitrogens with zero attached hydrogens (tertiary/aromatic N) is 1. The number of benzene rings is 2. The largest absolute Gasteiger partial charge is 0.411 e. The Bertz CT molecular complexity index is 616. The Hall–Kier alpha value is -2.09. The summed E-state index contributed by atoms with van der Waals surface area (Å²) in [6, 6.07) is 16.9. The highest BCUT2D eigenvalue weighted by Gasteiger charge is 2.26. The predicted molar refractivity (Wildman–Crippen MR) is 77.0 cm³/mol. The maximum atomic E-state index is 9.21. The molecule has 0 aromatic heterocycles. The summed E-state index contributed by atoms with van der Waals surface area (Å²) in [5.41, 5.74) is 5.76. The molecule has 2 nitrogen and oxygen atoms in total. The van der Waals surface area contributed by atoms with Crippen molar-refractivity contribution in [2.75, 3.05) is 0 Å². The van der Waals surface area contributed by atoms with E-state index < -0.39 is 0 Å². The molecule has 0 saturated carbocycles. The number of hydrogen-bond donors (Lipinski definition) is 1. The number of hydrogen-bond acceptors (Lipinski definition) is 2. The van der Waals surface area contributed by atoms with Crippen LogP contribution in [-0.2, 0) is 0 Å². The summed E-state index contributed by atoms with van der Waals surface area (Å²) >= 11 is 0. The van der Waals surface area contributed by atoms with Gasteiger partial charge in [0, 0.05) is 11.5 Å². The van der Waals surface area contributed by atoms with Gasteiger partial charge in [-0.05, 0) is 36.5 Å². The Morgan fingerprint density at radius 3 is 2.58 bits per heavy atom. The minimum atomic E-state index is 0.404. The van der Waals surface area contributed by atoms with E-state index in [2.05, 4.69) is 54.5 Å². The van der Waals surface area contributed by atoms with Gasteiger partial charge in [-0.1, -0.05) is 53.7 Å². The molecule has 1 atom stereocenters. The van der Waals surface area contributed by atoms with Crippen LogP contribution in [0.1, 0.15) is 41.0 Å². The molecule has 0 radical (unpaired) electrons. The number of rotatable bonds is 1. The lowest BCUT2D eigenvalue weighted by Crippen LogP contribution is -2.18. The van der Waals surface area contributed by atoms with Crippen LogP contribution in [0.4, 0.5) is 0 Å². The van der Waals surface area contributed by atoms with Crippen LogP contribution >= 0.6 is 0 Å². The van der Waals surface area contributed by atoms with Crippen LogP contribution in [0.25, 0.3) is 0 Å². The van der Waals surface area contributed by atoms with Crippen molar-refractivity contribution >= 4 is 5.71 Å². The summed E-state index contributed by atoms with van der Waals surface area (Å²) in [6.07, 6.45) is 1.83. The first-order chi connectivity index (χ1) is 9.31. The maximum absolute atomic E-state index is 9.21. The Morgan fingerprint density at radius 1 is 1.05 bits per heavy atom. The lowest BCUT2D eigenvalue weighted by Gasteiger charge is -2.27. The summed E-state index contributed by atoms with van der Waals surface area (Å²) < 4.78 is 0. The second kappa shape index (κ2) is 4.88. The van der Waals surface area contributed by atoms with Gasteiger partial charge in [0.15, 0.2) is 0 Å². The van der Waals surface area contributed by atoms with Crippen molar-refractivity contribution < 1.29 is 5.21 Å². The monoisotopic (exact) mass is 251 g/mol. The highest BCUT2D eigenvalue weighted by atomic mass is 16.4. The van der Waals surface area contributed by atoms with Crippen molar-refractivity contribution in [3.63, 3.8) is 0 Å². The first-order valence-electron chi connectivity index (χ1n) is 6.67. The third-order valence-corrected chi connectivity index (χ3v) is 3.96. The molecule has 0 bridgehead atoms. The standard InChI is InChI=1S/C17H17NO/c1-12-6-5-9-15-14(13-7-3-2-4-8-13)10-11-16(18-19)17(12)15/h2-9,14,19H,10-11H2,1H3/b18-16+. The molecular weight excluding hydrogens is 234 g/mol. The zero-order valence-electron chi connectivity index (χ0n) is 11.0. The summed E-state index contributed by atoms with van der Waals surface area (Å²) in [6.45, 7) is 2.08. The third kappa shape index (κ3) is 2.03. The van der Waals surface area contributed by atoms with Crippen molar-refractivity contribution in [2.24, 2.45) is 5.16 Å². The van der Waals surface area contributed by atoms with Gasteiger partial charge in [0.05, 0.1) is 5.71 Å². The number of fused-ring (bicyclic) bond motifs is 1. The Kier molecular flexibility index (Phi) is 3.08. The number of oxime groups is 1. The molecule has 1 unspecified atom stereocenters. The smallest absolute Gasteiger partial charge is 0.0873 e. The van der Waals surface area contributed by atoms with Gasteiger partial charge in [-0.15, -0.1) is 0 Å². The quantitative estimate of drug-likeness (QED) is 0.600. The number of aryl methyl sites for hydroxylation is 1. The molecular formula is C17H17NO. The molecule has 19 heavy (non-hydrogen) atoms. The Labute approximate surface area is 113 Å². The topological polar surface area (TPSA) is 32.6 Å². The third-order valence-electron chi connectivity index (χ3n) is 3.96. The van der Waals surface area contributed by atoms with E-state index >= 15 is 0 Å². The molecule has 1 aliphatic carbocycles. The lowest BCUT2D eigenvalue weighted by molar-refractivity contribution is 0.317. The average molecular weight is 251 g/mol. The summed E-state index contributed by atoms with van der Waals surface area (Å²) in [7, 11) is 0. The molecule has 2 heteroatoms. The van der Waals surface area contributed by atoms with Crippen LogP contribution in [0.2, 0.25) is 0 Å². The van der Waals surface area contributed by atoms with E-state index in [4.69, 9.17) is 0 Å². The Balaban J connectivity index is 2.16. The van der Waals surface area contributed by atoms with Crippen molar-refractivity contribution in [3.8, 4) is 0 Å². The van der Waals surface area contributed by atoms with E-state index in [0.29, 0.717) is 5.92 Å². The Morgan fingerprint density at radius 2 is 1.84 bits per heavy atom. The molecule has 0 heterocycles. The zero-order valence-corrected chi connectivity index (χ0v) is 11.0. The lowest BCUT2D eigenvalue weighted by atomic mass is 9.76. The molecule has 3 rings (SSSR count). The molecule has 1 aliphatic rings. The van der Waals surface area contributed by atoms with E-state index in [0.717, 1.165) is 24.1 Å². The first-order valence-corrected chi connectivity index (χ1v) is 6.67. The van der Waals surface area contributed by atoms with Gasteiger partial charge in [-0.25, -0.2) is 0 Å². The van der Waals surface area contributed by atoms with Crippen LogP contribution in [0.3, 0.4) is 0 Å². The molecule has 0 amide bonds. The molecule has 96 valence electrons. The molecule has 2 aromatic carbocycles. The van der Waals surface area contributed by atoms with Crippen LogP contribution in [0.15, 0.2) is 53.7 Å². The van der Waals surface area contributed by atoms with Crippen molar-refractivity contribution in [2.45, 2.75) is 25.7 Å². The highest BCUT2D eigenvalue weighted by molar-refractivity contribution is 6.04. The van der Waals surface area contributed by atoms with Gasteiger partial charge in [0.1, 0.15) is 0 Å². The van der Waals surface area contributed by atoms with Gasteiger partial charge >= 0.3 is 0 Å². The van der Waals surface area contributed by atoms with E-state index in [-0.39, 0.29) is 0 Å². The fourth-order valence-electron chi connectivity index (χ4n) is 3.07. The second-order valence-corrected chi connectivity index (χ2v) is 5.09. The molecule has 0 saturated heterocycles. The SMILES string of the molecule is Cc1cccc2c1/C(=N/O)CCC2c1ccccc1. The van der Waals surface area contributed by atoms with E-state index in [1.54, 1.807) is 0 Å². The summed E-state index contributed by atoms with van der Waals surface area (Å²) in [5, 5.41) is 12.7. The minimum absolute atomic E-state index is 0.404. The van der Waals surface area contributed by atoms with E-state index in [9.17, 15) is 5.21 Å². The minimum Gasteiger partial charge on any atom is -0.411 e. The zero-order chi connectivity index (χ0) is 13.2. The van der Waals surface area contributed by atoms with Gasteiger partial charge in [0.2, 0.25) is 0 Å². The summed E-state index contributed by atoms with van der Waals surface area (Å²) in [4.78, 5) is 0. The van der Waals surface area contributed by atoms with Crippen molar-refractivity contribution in [3.05, 3.63) is 70.8 Å². The predicted octanol–water partition coefficient (Wildman–Crippen LogP) is 4.10. The van der Waals surface area contributed by atoms with Crippen molar-refractivity contribution in [1.82, 2.24) is 0 Å². The highest BCUT2D eigenvalue weighted by Crippen LogP contribution is 2.37. The second-order valence-electron chi connectivity index (χ2n) is 5.09. The average Bonchev–Trinajstić information content (AvgIpc) is 2.47. The fraction of sp³-hybridized carbons (Fsp3) is 0.235. The molecule has 1 N–H and O–H groups in total. The van der Waals surface area contributed by atoms with Gasteiger partial charge in [-0.2, -0.15) is 0 Å². The van der Waals surface area contributed by atoms with Gasteiger partial charge in [0.25, 0.3) is 0 Å². The van der Waals surface area contributed by atoms with Crippen LogP contribution in [-0.4, -0.2) is 10.9 Å². The molecule has 0 fully saturated rings. The van der Waals surface area contributed by atoms with Gasteiger partial charge in [-0.3, -0.25) is 0 Å². The van der Waals surface area contributed by atoms with Crippen LogP contribution < -0.4 is 0 Å². The van der Waals surface area contributed by atoms with E-state index in [1.165, 1.54) is 16.7 Å².